The molecule has 658 valence electrons. The Bertz CT molecular complexity index is 7410. The number of hydrogen-bond donors (Lipinski definition) is 5. The SMILES string of the molecule is CC1=CC(NC(=O)CS(=O)c2cn(Cc3cccc(Cl)c3)c3ccccc23)=NC1.COc1cccc(Cn2cc(S(=O)(=O)CC(=O)Nc3cc(C)on3)c3ccccc32)c1.Cc1cc(NC(=O)CS(=O)(=O)c2cn(Cc3cccc(-c4cn[nH]c4)c3)c3cc(F)cc(F)c23)no1.Cc1cc(NC(=O)CS(=O)(=O)c2cn(Cc3cccc(Br)c3)c3cc(F)cc(F)c23)no1. The lowest BCUT2D eigenvalue weighted by molar-refractivity contribution is -0.117. The second-order valence-electron chi connectivity index (χ2n) is 29.5. The zero-order valence-electron chi connectivity index (χ0n) is 68.4. The molecule has 1 unspecified atom stereocenters. The van der Waals surface area contributed by atoms with Crippen LogP contribution in [0.3, 0.4) is 0 Å². The van der Waals surface area contributed by atoms with Crippen molar-refractivity contribution in [2.45, 2.75) is 73.5 Å². The van der Waals surface area contributed by atoms with E-state index >= 15 is 0 Å². The Labute approximate surface area is 744 Å². The van der Waals surface area contributed by atoms with E-state index < -0.39 is 108 Å². The first-order chi connectivity index (χ1) is 61.2. The molecule has 8 aromatic carbocycles. The number of anilines is 3. The lowest BCUT2D eigenvalue weighted by atomic mass is 10.1. The fourth-order valence-corrected chi connectivity index (χ4v) is 20.0. The number of amides is 4. The average molecular weight is 1900 g/mol. The molecule has 0 aliphatic carbocycles. The highest BCUT2D eigenvalue weighted by Crippen LogP contribution is 2.36. The number of fused-ring (bicyclic) bond motifs is 4. The summed E-state index contributed by atoms with van der Waals surface area (Å²) in [7, 11) is -12.4. The highest BCUT2D eigenvalue weighted by Gasteiger charge is 2.32. The van der Waals surface area contributed by atoms with Gasteiger partial charge in [0.2, 0.25) is 23.6 Å². The zero-order valence-corrected chi connectivity index (χ0v) is 74.0. The van der Waals surface area contributed by atoms with Gasteiger partial charge in [0, 0.05) is 124 Å². The molecule has 16 aromatic rings. The summed E-state index contributed by atoms with van der Waals surface area (Å²) in [6, 6.07) is 52.6. The van der Waals surface area contributed by atoms with Crippen molar-refractivity contribution in [1.82, 2.24) is 49.3 Å². The third-order valence-corrected chi connectivity index (χ3v) is 26.6. The minimum Gasteiger partial charge on any atom is -0.497 e. The minimum atomic E-state index is -4.32. The maximum absolute atomic E-state index is 14.9. The van der Waals surface area contributed by atoms with Crippen LogP contribution in [-0.2, 0) is 85.7 Å². The lowest BCUT2D eigenvalue weighted by Gasteiger charge is -2.07. The largest absolute Gasteiger partial charge is 0.497 e. The van der Waals surface area contributed by atoms with Crippen LogP contribution in [-0.4, -0.2) is 140 Å². The molecule has 4 amide bonds. The highest BCUT2D eigenvalue weighted by atomic mass is 79.9. The van der Waals surface area contributed by atoms with Crippen molar-refractivity contribution in [3.8, 4) is 16.9 Å². The van der Waals surface area contributed by atoms with E-state index in [4.69, 9.17) is 29.9 Å². The van der Waals surface area contributed by atoms with E-state index in [1.54, 1.807) is 70.7 Å². The number of aromatic amines is 1. The molecule has 0 radical (unpaired) electrons. The number of amidine groups is 1. The molecule has 1 aliphatic rings. The predicted octanol–water partition coefficient (Wildman–Crippen LogP) is 15.8. The molecular formula is C89H76BrClF4N14O15S4. The summed E-state index contributed by atoms with van der Waals surface area (Å²) in [4.78, 5) is 53.5. The molecule has 0 bridgehead atoms. The van der Waals surface area contributed by atoms with Crippen LogP contribution in [0.2, 0.25) is 5.02 Å². The van der Waals surface area contributed by atoms with Crippen LogP contribution in [0.5, 0.6) is 5.75 Å². The van der Waals surface area contributed by atoms with Gasteiger partial charge in [-0.25, -0.2) is 42.8 Å². The lowest BCUT2D eigenvalue weighted by Crippen LogP contribution is -2.32. The second kappa shape index (κ2) is 39.1. The van der Waals surface area contributed by atoms with Gasteiger partial charge in [-0.3, -0.25) is 33.5 Å². The minimum absolute atomic E-state index is 0.0484. The van der Waals surface area contributed by atoms with Crippen LogP contribution in [0.1, 0.15) is 46.5 Å². The molecule has 39 heteroatoms. The summed E-state index contributed by atoms with van der Waals surface area (Å²) >= 11 is 9.46. The number of hydrogen-bond acceptors (Lipinski definition) is 20. The number of ether oxygens (including phenoxy) is 1. The number of rotatable bonds is 25. The van der Waals surface area contributed by atoms with Crippen LogP contribution in [0.4, 0.5) is 35.0 Å². The first-order valence-corrected chi connectivity index (χ1v) is 46.2. The van der Waals surface area contributed by atoms with Gasteiger partial charge < -0.3 is 57.8 Å². The van der Waals surface area contributed by atoms with Crippen LogP contribution in [0.25, 0.3) is 54.7 Å². The number of carbonyl (C=O) groups excluding carboxylic acids is 4. The summed E-state index contributed by atoms with van der Waals surface area (Å²) in [6.45, 7) is 8.80. The molecule has 8 aromatic heterocycles. The van der Waals surface area contributed by atoms with E-state index in [0.29, 0.717) is 70.2 Å². The maximum Gasteiger partial charge on any atom is 0.241 e. The predicted molar refractivity (Wildman–Crippen MR) is 478 cm³/mol. The molecule has 1 aliphatic heterocycles. The second-order valence-corrected chi connectivity index (χ2v) is 38.1. The molecule has 9 heterocycles. The van der Waals surface area contributed by atoms with Crippen molar-refractivity contribution in [2.24, 2.45) is 4.99 Å². The quantitative estimate of drug-likeness (QED) is 0.0332. The number of aryl methyl sites for hydroxylation is 3. The molecule has 0 spiro atoms. The van der Waals surface area contributed by atoms with Gasteiger partial charge in [-0.15, -0.1) is 0 Å². The van der Waals surface area contributed by atoms with Crippen molar-refractivity contribution in [3.05, 3.63) is 309 Å². The number of carbonyl (C=O) groups is 4. The first-order valence-electron chi connectivity index (χ1n) is 38.8. The number of sulfone groups is 3. The molecule has 1 atom stereocenters. The van der Waals surface area contributed by atoms with Crippen molar-refractivity contribution in [2.75, 3.05) is 52.6 Å². The number of methoxy groups -OCH3 is 1. The van der Waals surface area contributed by atoms with E-state index in [1.165, 1.54) is 39.7 Å². The number of nitrogens with zero attached hydrogens (tertiary/aromatic N) is 9. The van der Waals surface area contributed by atoms with E-state index in [2.05, 4.69) is 67.9 Å². The third kappa shape index (κ3) is 22.2. The Kier molecular flexibility index (Phi) is 27.6. The smallest absolute Gasteiger partial charge is 0.241 e. The Morgan fingerprint density at radius 2 is 0.953 bits per heavy atom. The van der Waals surface area contributed by atoms with Gasteiger partial charge in [0.1, 0.15) is 75.1 Å². The van der Waals surface area contributed by atoms with Gasteiger partial charge in [0.05, 0.1) is 72.0 Å². The number of aromatic nitrogens is 9. The maximum atomic E-state index is 14.9. The van der Waals surface area contributed by atoms with Gasteiger partial charge in [-0.05, 0) is 134 Å². The van der Waals surface area contributed by atoms with Crippen molar-refractivity contribution in [3.63, 3.8) is 0 Å². The van der Waals surface area contributed by atoms with E-state index in [1.807, 2.05) is 150 Å². The molecule has 128 heavy (non-hydrogen) atoms. The number of benzene rings is 8. The third-order valence-electron chi connectivity index (χ3n) is 19.6. The van der Waals surface area contributed by atoms with Gasteiger partial charge in [-0.1, -0.05) is 134 Å². The number of para-hydroxylation sites is 2. The molecule has 0 saturated carbocycles. The number of halogens is 6. The van der Waals surface area contributed by atoms with Crippen molar-refractivity contribution >= 4 is 158 Å². The summed E-state index contributed by atoms with van der Waals surface area (Å²) in [5.74, 6) is -6.30. The van der Waals surface area contributed by atoms with E-state index in [9.17, 15) is 66.2 Å². The van der Waals surface area contributed by atoms with Crippen molar-refractivity contribution in [1.29, 1.82) is 0 Å². The van der Waals surface area contributed by atoms with Gasteiger partial charge in [0.25, 0.3) is 0 Å². The van der Waals surface area contributed by atoms with Crippen molar-refractivity contribution < 1.29 is 84.5 Å². The molecule has 5 N–H and O–H groups in total. The molecular weight excluding hydrogens is 1820 g/mol. The standard InChI is InChI=1S/C24H19F2N5O4S.C22H20ClN3O2S.C22H21N3O5S.C21H16BrF2N3O4S/c1-14-5-22(30-35-14)29-23(32)13-36(33,34)21-12-31(20-8-18(25)7-19(26)24(20)21)11-15-3-2-4-16(6-15)17-9-27-28-10-17;1-15-9-21(24-11-15)25-22(27)14-29(28)20-13-26(19-8-3-2-7-18(19)20)12-16-5-4-6-17(23)10-16;1-15-10-21(24-30-15)23-22(26)14-31(27,28)20-13-25(19-9-4-3-8-18(19)20)12-16-6-5-7-17(11-16)29-2;1-12-5-19(26-31-12)25-20(28)11-32(29,30)18-10-27(9-13-3-2-4-14(22)6-13)17-8-15(23)7-16(24)21(17)18/h2-10,12H,11,13H2,1H3,(H,27,28)(H,29,30,32);2-10,13H,11-12,14H2,1H3,(H,24,25,27);3-11,13H,12,14H2,1-2H3,(H,23,24,26);2-8,10H,9,11H2,1H3,(H,25,26,28). The zero-order chi connectivity index (χ0) is 90.9. The average Bonchev–Trinajstić information content (AvgIpc) is 1.62. The van der Waals surface area contributed by atoms with Gasteiger partial charge in [0.15, 0.2) is 47.0 Å². The van der Waals surface area contributed by atoms with Gasteiger partial charge in [-0.2, -0.15) is 5.10 Å². The Balaban J connectivity index is 0.000000138. The highest BCUT2D eigenvalue weighted by molar-refractivity contribution is 9.10. The fraction of sp³-hybridized carbons (Fsp3) is 0.157. The Hall–Kier alpha value is -13.7. The Morgan fingerprint density at radius 1 is 0.500 bits per heavy atom. The fourth-order valence-electron chi connectivity index (χ4n) is 14.1. The molecule has 17 rings (SSSR count). The summed E-state index contributed by atoms with van der Waals surface area (Å²) in [5, 5.41) is 28.9. The van der Waals surface area contributed by atoms with E-state index in [0.717, 1.165) is 77.7 Å². The first kappa shape index (κ1) is 90.6. The number of aliphatic imine (C=N–C) groups is 1. The van der Waals surface area contributed by atoms with Crippen LogP contribution in [0, 0.1) is 44.0 Å². The topological polar surface area (TPSA) is 384 Å². The van der Waals surface area contributed by atoms with E-state index in [-0.39, 0.29) is 68.9 Å². The molecule has 29 nitrogen and oxygen atoms in total. The van der Waals surface area contributed by atoms with Crippen LogP contribution >= 0.6 is 27.5 Å². The normalized spacial score (nSPS) is 12.3. The van der Waals surface area contributed by atoms with Crippen LogP contribution < -0.4 is 26.0 Å². The Morgan fingerprint density at radius 3 is 1.44 bits per heavy atom. The molecule has 0 fully saturated rings. The van der Waals surface area contributed by atoms with Gasteiger partial charge >= 0.3 is 0 Å². The number of H-pyrrole nitrogens is 1. The summed E-state index contributed by atoms with van der Waals surface area (Å²) < 4.78 is 177. The monoisotopic (exact) mass is 1900 g/mol. The summed E-state index contributed by atoms with van der Waals surface area (Å²) in [5.41, 5.74) is 8.20. The van der Waals surface area contributed by atoms with Crippen LogP contribution in [0.15, 0.2) is 280 Å². The molecule has 0 saturated heterocycles. The number of nitrogens with one attached hydrogen (secondary N) is 5. The summed E-state index contributed by atoms with van der Waals surface area (Å²) in [6.07, 6.45) is 11.1.